The molecular formula is C21H24O8. The molecular weight excluding hydrogens is 380 g/mol. The summed E-state index contributed by atoms with van der Waals surface area (Å²) >= 11 is 0. The molecule has 0 spiro atoms. The highest BCUT2D eigenvalue weighted by molar-refractivity contribution is 5.92. The van der Waals surface area contributed by atoms with E-state index < -0.39 is 42.1 Å². The van der Waals surface area contributed by atoms with Gasteiger partial charge in [0.25, 0.3) is 0 Å². The molecule has 1 N–H and O–H groups in total. The van der Waals surface area contributed by atoms with E-state index in [1.165, 1.54) is 6.92 Å². The lowest BCUT2D eigenvalue weighted by Crippen LogP contribution is -2.45. The number of aliphatic hydroxyl groups is 1. The maximum atomic E-state index is 12.3. The predicted molar refractivity (Wildman–Crippen MR) is 101 cm³/mol. The summed E-state index contributed by atoms with van der Waals surface area (Å²) in [7, 11) is 0. The number of esters is 3. The molecule has 1 saturated heterocycles. The third kappa shape index (κ3) is 5.08. The molecule has 1 fully saturated rings. The largest absolute Gasteiger partial charge is 0.454 e. The van der Waals surface area contributed by atoms with E-state index in [1.807, 2.05) is 0 Å². The van der Waals surface area contributed by atoms with E-state index in [-0.39, 0.29) is 23.3 Å². The second-order valence-corrected chi connectivity index (χ2v) is 6.94. The Kier molecular flexibility index (Phi) is 7.28. The standard InChI is InChI=1S/C21H24O8/c1-11(2)20(25)29-19-17-12(3)21(26)28-16(17)8-14(9-22)6-5-7-15(10-23)18(19)27-13(4)24/h7-8,10,16-19,22H,1,3,5-6,9H2,2,4H3/b14-8+,15-7-/t16-,17-,18+,19-/m1/s1. The summed E-state index contributed by atoms with van der Waals surface area (Å²) < 4.78 is 16.2. The van der Waals surface area contributed by atoms with Crippen molar-refractivity contribution in [2.45, 2.75) is 45.0 Å². The SMILES string of the molecule is C=C(C)C(=O)O[C@@H]1[C@@H]2C(=C)C(=O)O[C@@H]2/C=C(/CO)CC/C=C(/C=O)[C@@H]1OC(C)=O. The summed E-state index contributed by atoms with van der Waals surface area (Å²) in [5.41, 5.74) is 0.745. The van der Waals surface area contributed by atoms with Gasteiger partial charge in [-0.3, -0.25) is 9.59 Å². The molecule has 0 aromatic carbocycles. The first-order chi connectivity index (χ1) is 13.7. The number of hydrogen-bond acceptors (Lipinski definition) is 8. The summed E-state index contributed by atoms with van der Waals surface area (Å²) in [4.78, 5) is 48.0. The summed E-state index contributed by atoms with van der Waals surface area (Å²) in [5, 5.41) is 9.61. The molecule has 29 heavy (non-hydrogen) atoms. The van der Waals surface area contributed by atoms with Crippen molar-refractivity contribution in [3.05, 3.63) is 47.6 Å². The van der Waals surface area contributed by atoms with Crippen LogP contribution in [0, 0.1) is 5.92 Å². The number of carbonyl (C=O) groups is 4. The van der Waals surface area contributed by atoms with Gasteiger partial charge in [-0.25, -0.2) is 9.59 Å². The summed E-state index contributed by atoms with van der Waals surface area (Å²) in [6.45, 7) is 9.59. The number of hydrogen-bond donors (Lipinski definition) is 1. The van der Waals surface area contributed by atoms with Crippen LogP contribution >= 0.6 is 0 Å². The van der Waals surface area contributed by atoms with Gasteiger partial charge in [-0.2, -0.15) is 0 Å². The topological polar surface area (TPSA) is 116 Å². The van der Waals surface area contributed by atoms with E-state index in [1.54, 1.807) is 12.2 Å². The van der Waals surface area contributed by atoms with Crippen molar-refractivity contribution in [2.24, 2.45) is 5.92 Å². The van der Waals surface area contributed by atoms with Crippen molar-refractivity contribution < 1.29 is 38.5 Å². The first-order valence-electron chi connectivity index (χ1n) is 9.08. The zero-order valence-electron chi connectivity index (χ0n) is 16.4. The Balaban J connectivity index is 2.65. The number of allylic oxidation sites excluding steroid dienone is 1. The van der Waals surface area contributed by atoms with Gasteiger partial charge in [0, 0.05) is 23.6 Å². The van der Waals surface area contributed by atoms with Crippen molar-refractivity contribution >= 4 is 24.2 Å². The molecule has 4 atom stereocenters. The molecule has 0 saturated carbocycles. The van der Waals surface area contributed by atoms with Crippen LogP contribution in [-0.2, 0) is 33.4 Å². The van der Waals surface area contributed by atoms with E-state index in [0.717, 1.165) is 6.92 Å². The second kappa shape index (κ2) is 9.47. The molecule has 1 aliphatic heterocycles. The lowest BCUT2D eigenvalue weighted by atomic mass is 9.83. The molecule has 0 bridgehead atoms. The quantitative estimate of drug-likeness (QED) is 0.240. The normalized spacial score (nSPS) is 30.6. The van der Waals surface area contributed by atoms with E-state index in [0.29, 0.717) is 24.7 Å². The fourth-order valence-corrected chi connectivity index (χ4v) is 3.28. The van der Waals surface area contributed by atoms with Crippen LogP contribution in [0.25, 0.3) is 0 Å². The number of ether oxygens (including phenoxy) is 3. The van der Waals surface area contributed by atoms with E-state index >= 15 is 0 Å². The van der Waals surface area contributed by atoms with Crippen LogP contribution in [0.3, 0.4) is 0 Å². The highest BCUT2D eigenvalue weighted by atomic mass is 16.6. The summed E-state index contributed by atoms with van der Waals surface area (Å²) in [5.74, 6) is -3.12. The van der Waals surface area contributed by atoms with Gasteiger partial charge >= 0.3 is 17.9 Å². The smallest absolute Gasteiger partial charge is 0.334 e. The Morgan fingerprint density at radius 1 is 1.34 bits per heavy atom. The van der Waals surface area contributed by atoms with Gasteiger partial charge < -0.3 is 19.3 Å². The Morgan fingerprint density at radius 2 is 2.03 bits per heavy atom. The van der Waals surface area contributed by atoms with Gasteiger partial charge in [-0.05, 0) is 31.4 Å². The minimum Gasteiger partial charge on any atom is -0.454 e. The van der Waals surface area contributed by atoms with Crippen molar-refractivity contribution in [2.75, 3.05) is 6.61 Å². The maximum absolute atomic E-state index is 12.3. The van der Waals surface area contributed by atoms with Crippen LogP contribution in [-0.4, -0.2) is 54.2 Å². The van der Waals surface area contributed by atoms with Crippen molar-refractivity contribution in [1.29, 1.82) is 0 Å². The third-order valence-corrected chi connectivity index (χ3v) is 4.71. The van der Waals surface area contributed by atoms with Gasteiger partial charge in [0.15, 0.2) is 12.2 Å². The minimum absolute atomic E-state index is 0.00558. The lowest BCUT2D eigenvalue weighted by molar-refractivity contribution is -0.166. The van der Waals surface area contributed by atoms with Crippen molar-refractivity contribution in [3.63, 3.8) is 0 Å². The Labute approximate surface area is 168 Å². The van der Waals surface area contributed by atoms with Gasteiger partial charge in [-0.1, -0.05) is 19.2 Å². The Hall–Kier alpha value is -3.00. The molecule has 2 aliphatic rings. The molecule has 156 valence electrons. The van der Waals surface area contributed by atoms with Gasteiger partial charge in [0.05, 0.1) is 12.5 Å². The molecule has 8 nitrogen and oxygen atoms in total. The number of aliphatic hydroxyl groups excluding tert-OH is 1. The Bertz CT molecular complexity index is 803. The molecule has 1 aliphatic carbocycles. The van der Waals surface area contributed by atoms with Gasteiger partial charge in [0.1, 0.15) is 12.4 Å². The van der Waals surface area contributed by atoms with Crippen LogP contribution in [0.4, 0.5) is 0 Å². The number of fused-ring (bicyclic) bond motifs is 1. The van der Waals surface area contributed by atoms with Crippen LogP contribution in [0.1, 0.15) is 26.7 Å². The van der Waals surface area contributed by atoms with E-state index in [9.17, 15) is 24.3 Å². The van der Waals surface area contributed by atoms with Crippen LogP contribution in [0.5, 0.6) is 0 Å². The maximum Gasteiger partial charge on any atom is 0.334 e. The zero-order valence-corrected chi connectivity index (χ0v) is 16.4. The molecule has 0 aromatic heterocycles. The molecule has 1 heterocycles. The number of aldehydes is 1. The fraction of sp³-hybridized carbons (Fsp3) is 0.429. The lowest BCUT2D eigenvalue weighted by Gasteiger charge is -2.33. The summed E-state index contributed by atoms with van der Waals surface area (Å²) in [6.07, 6.45) is 0.932. The molecule has 0 amide bonds. The summed E-state index contributed by atoms with van der Waals surface area (Å²) in [6, 6.07) is 0. The second-order valence-electron chi connectivity index (χ2n) is 6.94. The van der Waals surface area contributed by atoms with Crippen LogP contribution in [0.2, 0.25) is 0 Å². The van der Waals surface area contributed by atoms with Gasteiger partial charge in [0.2, 0.25) is 0 Å². The average molecular weight is 404 g/mol. The van der Waals surface area contributed by atoms with Crippen LogP contribution < -0.4 is 0 Å². The monoisotopic (exact) mass is 404 g/mol. The first-order valence-corrected chi connectivity index (χ1v) is 9.08. The van der Waals surface area contributed by atoms with E-state index in [4.69, 9.17) is 14.2 Å². The third-order valence-electron chi connectivity index (χ3n) is 4.71. The van der Waals surface area contributed by atoms with Crippen molar-refractivity contribution in [3.8, 4) is 0 Å². The molecule has 0 aromatic rings. The van der Waals surface area contributed by atoms with Gasteiger partial charge in [-0.15, -0.1) is 0 Å². The fourth-order valence-electron chi connectivity index (χ4n) is 3.28. The molecule has 2 rings (SSSR count). The molecule has 0 unspecified atom stereocenters. The first kappa shape index (κ1) is 22.3. The molecule has 8 heteroatoms. The highest BCUT2D eigenvalue weighted by Crippen LogP contribution is 2.37. The number of rotatable bonds is 5. The highest BCUT2D eigenvalue weighted by Gasteiger charge is 2.49. The van der Waals surface area contributed by atoms with Crippen LogP contribution in [0.15, 0.2) is 47.6 Å². The zero-order chi connectivity index (χ0) is 21.7. The average Bonchev–Trinajstić information content (AvgIpc) is 2.93. The molecule has 0 radical (unpaired) electrons. The predicted octanol–water partition coefficient (Wildman–Crippen LogP) is 1.34. The van der Waals surface area contributed by atoms with Crippen molar-refractivity contribution in [1.82, 2.24) is 0 Å². The van der Waals surface area contributed by atoms with E-state index in [2.05, 4.69) is 13.2 Å². The minimum atomic E-state index is -1.27. The number of carbonyl (C=O) groups excluding carboxylic acids is 4. The Morgan fingerprint density at radius 3 is 2.59 bits per heavy atom.